The Morgan fingerprint density at radius 3 is 2.55 bits per heavy atom. The van der Waals surface area contributed by atoms with Crippen molar-refractivity contribution < 1.29 is 15.0 Å². The molecule has 1 aromatic carbocycles. The number of pyridine rings is 1. The average Bonchev–Trinajstić information content (AvgIpc) is 3.50. The van der Waals surface area contributed by atoms with Gasteiger partial charge in [0.1, 0.15) is 23.3 Å². The molecule has 0 spiro atoms. The number of carbonyl (C=O) groups is 1. The van der Waals surface area contributed by atoms with E-state index in [2.05, 4.69) is 31.0 Å². The number of amides is 2. The molecule has 5 N–H and O–H groups in total. The van der Waals surface area contributed by atoms with Gasteiger partial charge in [-0.05, 0) is 43.4 Å². The van der Waals surface area contributed by atoms with Crippen molar-refractivity contribution in [1.82, 2.24) is 30.0 Å². The summed E-state index contributed by atoms with van der Waals surface area (Å²) in [6.45, 7) is 0.0501. The molecular weight excluding hydrogens is 560 g/mol. The highest BCUT2D eigenvalue weighted by Gasteiger charge is 2.31. The largest absolute Gasteiger partial charge is 0.394 e. The van der Waals surface area contributed by atoms with Crippen molar-refractivity contribution in [3.05, 3.63) is 78.4 Å². The first-order chi connectivity index (χ1) is 21.4. The van der Waals surface area contributed by atoms with Gasteiger partial charge in [0.15, 0.2) is 0 Å². The highest BCUT2D eigenvalue weighted by molar-refractivity contribution is 5.91. The number of hydrogen-bond acceptors (Lipinski definition) is 10. The van der Waals surface area contributed by atoms with Gasteiger partial charge in [-0.15, -0.1) is 0 Å². The molecule has 228 valence electrons. The molecule has 4 aromatic rings. The average molecular weight is 597 g/mol. The monoisotopic (exact) mass is 596 g/mol. The zero-order chi connectivity index (χ0) is 30.9. The van der Waals surface area contributed by atoms with Crippen LogP contribution in [0, 0.1) is 11.3 Å². The molecule has 3 heterocycles. The van der Waals surface area contributed by atoms with Crippen molar-refractivity contribution in [2.45, 2.75) is 50.4 Å². The summed E-state index contributed by atoms with van der Waals surface area (Å²) in [4.78, 5) is 28.8. The summed E-state index contributed by atoms with van der Waals surface area (Å²) in [6, 6.07) is 15.4. The van der Waals surface area contributed by atoms with Gasteiger partial charge in [-0.1, -0.05) is 30.3 Å². The number of hydrogen-bond donors (Lipinski definition) is 5. The molecule has 0 bridgehead atoms. The van der Waals surface area contributed by atoms with E-state index in [1.54, 1.807) is 22.0 Å². The maximum atomic E-state index is 13.6. The standard InChI is InChI=1S/C31H36N10O3/c1-40-19-24(17-37-40)22-7-12-28(33-15-22)41(31(44)36-14-21-5-3-2-4-6-21)26-10-8-25(9-11-26)38-30-35-16-23(13-32)29(39-30)34-18-27(43)20-42/h2-7,12,15-17,19,25-27,42-43H,8-11,14,18,20H2,1H3,(H,36,44)(H2,34,35,38,39). The van der Waals surface area contributed by atoms with Gasteiger partial charge < -0.3 is 26.2 Å². The van der Waals surface area contributed by atoms with Crippen LogP contribution in [-0.4, -0.2) is 72.3 Å². The minimum Gasteiger partial charge on any atom is -0.394 e. The van der Waals surface area contributed by atoms with Crippen LogP contribution in [0.25, 0.3) is 11.1 Å². The van der Waals surface area contributed by atoms with Gasteiger partial charge in [0.25, 0.3) is 0 Å². The van der Waals surface area contributed by atoms with E-state index in [0.717, 1.165) is 42.4 Å². The maximum absolute atomic E-state index is 13.6. The van der Waals surface area contributed by atoms with Gasteiger partial charge in [0, 0.05) is 55.7 Å². The van der Waals surface area contributed by atoms with Crippen molar-refractivity contribution in [3.8, 4) is 17.2 Å². The Hall–Kier alpha value is -5.06. The molecule has 1 unspecified atom stereocenters. The summed E-state index contributed by atoms with van der Waals surface area (Å²) in [5.74, 6) is 1.22. The lowest BCUT2D eigenvalue weighted by atomic mass is 9.90. The van der Waals surface area contributed by atoms with Crippen molar-refractivity contribution in [2.24, 2.45) is 7.05 Å². The number of nitrogens with zero attached hydrogens (tertiary/aromatic N) is 7. The lowest BCUT2D eigenvalue weighted by Gasteiger charge is -2.36. The number of benzene rings is 1. The Balaban J connectivity index is 1.27. The minimum atomic E-state index is -0.975. The van der Waals surface area contributed by atoms with Gasteiger partial charge in [-0.2, -0.15) is 15.3 Å². The number of aromatic nitrogens is 5. The van der Waals surface area contributed by atoms with Crippen LogP contribution in [0.15, 0.2) is 67.3 Å². The fourth-order valence-electron chi connectivity index (χ4n) is 5.19. The Morgan fingerprint density at radius 1 is 1.09 bits per heavy atom. The van der Waals surface area contributed by atoms with E-state index in [-0.39, 0.29) is 36.0 Å². The van der Waals surface area contributed by atoms with Gasteiger partial charge in [-0.3, -0.25) is 9.58 Å². The Bertz CT molecular complexity index is 1560. The molecular formula is C31H36N10O3. The van der Waals surface area contributed by atoms with Crippen LogP contribution in [0.2, 0.25) is 0 Å². The van der Waals surface area contributed by atoms with E-state index >= 15 is 0 Å². The van der Waals surface area contributed by atoms with E-state index in [1.807, 2.05) is 61.8 Å². The lowest BCUT2D eigenvalue weighted by Crippen LogP contribution is -2.49. The second-order valence-corrected chi connectivity index (χ2v) is 10.8. The van der Waals surface area contributed by atoms with Crippen LogP contribution in [0.3, 0.4) is 0 Å². The molecule has 1 aliphatic rings. The molecule has 3 aromatic heterocycles. The first kappa shape index (κ1) is 30.4. The van der Waals surface area contributed by atoms with Crippen LogP contribution >= 0.6 is 0 Å². The van der Waals surface area contributed by atoms with Gasteiger partial charge >= 0.3 is 6.03 Å². The van der Waals surface area contributed by atoms with E-state index in [9.17, 15) is 15.2 Å². The zero-order valence-corrected chi connectivity index (χ0v) is 24.5. The lowest BCUT2D eigenvalue weighted by molar-refractivity contribution is 0.105. The molecule has 1 atom stereocenters. The second-order valence-electron chi connectivity index (χ2n) is 10.8. The zero-order valence-electron chi connectivity index (χ0n) is 24.5. The van der Waals surface area contributed by atoms with Gasteiger partial charge in [0.05, 0.1) is 25.1 Å². The quantitative estimate of drug-likeness (QED) is 0.173. The van der Waals surface area contributed by atoms with Crippen LogP contribution in [0.1, 0.15) is 36.8 Å². The summed E-state index contributed by atoms with van der Waals surface area (Å²) in [7, 11) is 1.86. The van der Waals surface area contributed by atoms with Crippen molar-refractivity contribution in [3.63, 3.8) is 0 Å². The van der Waals surface area contributed by atoms with Crippen molar-refractivity contribution in [1.29, 1.82) is 5.26 Å². The third kappa shape index (κ3) is 7.66. The molecule has 0 saturated heterocycles. The molecule has 0 aliphatic heterocycles. The number of aryl methyl sites for hydroxylation is 1. The number of rotatable bonds is 11. The SMILES string of the molecule is Cn1cc(-c2ccc(N(C(=O)NCc3ccccc3)C3CCC(Nc4ncc(C#N)c(NCC(O)CO)n4)CC3)nc2)cn1. The summed E-state index contributed by atoms with van der Waals surface area (Å²) in [5, 5.41) is 41.7. The third-order valence-electron chi connectivity index (χ3n) is 7.56. The number of urea groups is 1. The summed E-state index contributed by atoms with van der Waals surface area (Å²) in [5.41, 5.74) is 3.12. The van der Waals surface area contributed by atoms with E-state index in [0.29, 0.717) is 18.3 Å². The first-order valence-electron chi connectivity index (χ1n) is 14.6. The van der Waals surface area contributed by atoms with Gasteiger partial charge in [-0.25, -0.2) is 14.8 Å². The second kappa shape index (κ2) is 14.4. The number of aliphatic hydroxyl groups is 2. The summed E-state index contributed by atoms with van der Waals surface area (Å²) < 4.78 is 1.74. The fraction of sp³-hybridized carbons (Fsp3) is 0.355. The first-order valence-corrected chi connectivity index (χ1v) is 14.6. The predicted molar refractivity (Wildman–Crippen MR) is 166 cm³/mol. The molecule has 13 nitrogen and oxygen atoms in total. The van der Waals surface area contributed by atoms with Crippen molar-refractivity contribution in [2.75, 3.05) is 28.7 Å². The Labute approximate surface area is 255 Å². The van der Waals surface area contributed by atoms with Crippen molar-refractivity contribution >= 4 is 23.6 Å². The van der Waals surface area contributed by atoms with Crippen LogP contribution in [-0.2, 0) is 13.6 Å². The molecule has 1 aliphatic carbocycles. The summed E-state index contributed by atoms with van der Waals surface area (Å²) in [6.07, 6.45) is 8.90. The van der Waals surface area contributed by atoms with E-state index in [4.69, 9.17) is 10.1 Å². The van der Waals surface area contributed by atoms with E-state index < -0.39 is 12.7 Å². The van der Waals surface area contributed by atoms with Crippen LogP contribution in [0.5, 0.6) is 0 Å². The number of anilines is 3. The maximum Gasteiger partial charge on any atom is 0.323 e. The number of nitriles is 1. The number of aliphatic hydroxyl groups excluding tert-OH is 2. The molecule has 1 fully saturated rings. The van der Waals surface area contributed by atoms with Gasteiger partial charge in [0.2, 0.25) is 5.95 Å². The molecule has 0 radical (unpaired) electrons. The Morgan fingerprint density at radius 2 is 1.89 bits per heavy atom. The number of nitrogens with one attached hydrogen (secondary N) is 3. The molecule has 44 heavy (non-hydrogen) atoms. The van der Waals surface area contributed by atoms with Crippen LogP contribution < -0.4 is 20.9 Å². The smallest absolute Gasteiger partial charge is 0.323 e. The Kier molecular flexibility index (Phi) is 9.96. The number of carbonyl (C=O) groups excluding carboxylic acids is 1. The molecule has 5 rings (SSSR count). The molecule has 2 amide bonds. The normalized spacial score (nSPS) is 16.9. The van der Waals surface area contributed by atoms with Crippen LogP contribution in [0.4, 0.5) is 22.4 Å². The fourth-order valence-corrected chi connectivity index (χ4v) is 5.19. The molecule has 1 saturated carbocycles. The highest BCUT2D eigenvalue weighted by Crippen LogP contribution is 2.29. The van der Waals surface area contributed by atoms with E-state index in [1.165, 1.54) is 6.20 Å². The third-order valence-corrected chi connectivity index (χ3v) is 7.56. The minimum absolute atomic E-state index is 0.0478. The topological polar surface area (TPSA) is 177 Å². The predicted octanol–water partition coefficient (Wildman–Crippen LogP) is 3.05. The highest BCUT2D eigenvalue weighted by atomic mass is 16.3. The molecule has 13 heteroatoms. The summed E-state index contributed by atoms with van der Waals surface area (Å²) >= 11 is 0.